The number of hydrogen-bond donors (Lipinski definition) is 0. The summed E-state index contributed by atoms with van der Waals surface area (Å²) in [7, 11) is 2.06. The Hall–Kier alpha value is -1.15. The normalized spacial score (nSPS) is 12.6. The van der Waals surface area contributed by atoms with Crippen LogP contribution in [-0.4, -0.2) is 31.3 Å². The molecule has 0 amide bonds. The standard InChI is InChI=1S/C12H20N2/c1-5-6-8-13-9-7-10-14(4)11-12(2)3/h5-9H,2,10-11H2,1,3-4H3/b6-5-,9-7?,13-8?. The summed E-state index contributed by atoms with van der Waals surface area (Å²) in [6, 6.07) is 0. The van der Waals surface area contributed by atoms with Gasteiger partial charge in [-0.1, -0.05) is 24.3 Å². The van der Waals surface area contributed by atoms with Crippen LogP contribution in [0.5, 0.6) is 0 Å². The van der Waals surface area contributed by atoms with Crippen molar-refractivity contribution in [2.45, 2.75) is 13.8 Å². The fraction of sp³-hybridized carbons (Fsp3) is 0.417. The molecule has 0 aromatic rings. The third-order valence-corrected chi connectivity index (χ3v) is 1.51. The van der Waals surface area contributed by atoms with Crippen LogP contribution in [0, 0.1) is 0 Å². The minimum atomic E-state index is 0.903. The van der Waals surface area contributed by atoms with E-state index in [9.17, 15) is 0 Å². The summed E-state index contributed by atoms with van der Waals surface area (Å²) in [4.78, 5) is 6.26. The quantitative estimate of drug-likeness (QED) is 0.466. The third kappa shape index (κ3) is 8.94. The van der Waals surface area contributed by atoms with E-state index >= 15 is 0 Å². The number of hydrogen-bond acceptors (Lipinski definition) is 2. The lowest BCUT2D eigenvalue weighted by Gasteiger charge is -2.12. The second-order valence-corrected chi connectivity index (χ2v) is 3.36. The number of nitrogens with zero attached hydrogens (tertiary/aromatic N) is 2. The van der Waals surface area contributed by atoms with Gasteiger partial charge in [-0.15, -0.1) is 0 Å². The monoisotopic (exact) mass is 192 g/mol. The summed E-state index contributed by atoms with van der Waals surface area (Å²) in [5, 5.41) is 0. The van der Waals surface area contributed by atoms with Gasteiger partial charge in [-0.05, 0) is 27.0 Å². The van der Waals surface area contributed by atoms with Gasteiger partial charge in [-0.25, -0.2) is 0 Å². The maximum absolute atomic E-state index is 4.07. The van der Waals surface area contributed by atoms with E-state index in [1.54, 1.807) is 6.21 Å². The average Bonchev–Trinajstić information content (AvgIpc) is 2.10. The molecule has 0 N–H and O–H groups in total. The van der Waals surface area contributed by atoms with E-state index in [2.05, 4.69) is 23.5 Å². The molecule has 0 heterocycles. The highest BCUT2D eigenvalue weighted by Gasteiger charge is 1.93. The Morgan fingerprint density at radius 2 is 2.21 bits per heavy atom. The zero-order valence-electron chi connectivity index (χ0n) is 9.40. The third-order valence-electron chi connectivity index (χ3n) is 1.51. The molecule has 2 nitrogen and oxygen atoms in total. The van der Waals surface area contributed by atoms with Crippen LogP contribution in [0.25, 0.3) is 0 Å². The topological polar surface area (TPSA) is 15.6 Å². The van der Waals surface area contributed by atoms with Crippen LogP contribution >= 0.6 is 0 Å². The van der Waals surface area contributed by atoms with Gasteiger partial charge >= 0.3 is 0 Å². The minimum absolute atomic E-state index is 0.903. The molecule has 0 aromatic carbocycles. The summed E-state index contributed by atoms with van der Waals surface area (Å²) in [6.07, 6.45) is 9.47. The van der Waals surface area contributed by atoms with Crippen LogP contribution in [0.4, 0.5) is 0 Å². The molecule has 0 aliphatic rings. The van der Waals surface area contributed by atoms with Crippen LogP contribution in [0.2, 0.25) is 0 Å². The van der Waals surface area contributed by atoms with E-state index in [0.29, 0.717) is 0 Å². The van der Waals surface area contributed by atoms with Crippen molar-refractivity contribution >= 4 is 6.21 Å². The Bertz CT molecular complexity index is 237. The van der Waals surface area contributed by atoms with Crippen molar-refractivity contribution in [2.75, 3.05) is 20.1 Å². The van der Waals surface area contributed by atoms with Gasteiger partial charge in [0.15, 0.2) is 0 Å². The van der Waals surface area contributed by atoms with Gasteiger partial charge in [0, 0.05) is 25.5 Å². The molecule has 0 unspecified atom stereocenters. The molecule has 78 valence electrons. The summed E-state index contributed by atoms with van der Waals surface area (Å²) >= 11 is 0. The lowest BCUT2D eigenvalue weighted by Crippen LogP contribution is -2.19. The molecule has 0 aromatic heterocycles. The Kier molecular flexibility index (Phi) is 7.75. The molecule has 0 radical (unpaired) electrons. The highest BCUT2D eigenvalue weighted by molar-refractivity contribution is 5.71. The first kappa shape index (κ1) is 12.8. The van der Waals surface area contributed by atoms with Crippen LogP contribution in [-0.2, 0) is 0 Å². The smallest absolute Gasteiger partial charge is 0.0264 e. The molecule has 0 rings (SSSR count). The van der Waals surface area contributed by atoms with Crippen molar-refractivity contribution in [3.05, 3.63) is 36.6 Å². The highest BCUT2D eigenvalue weighted by Crippen LogP contribution is 1.92. The Balaban J connectivity index is 3.65. The number of aliphatic imine (C=N–C) groups is 1. The van der Waals surface area contributed by atoms with Crippen LogP contribution in [0.15, 0.2) is 41.6 Å². The number of likely N-dealkylation sites (N-methyl/N-ethyl adjacent to an activating group) is 1. The maximum Gasteiger partial charge on any atom is 0.0264 e. The maximum atomic E-state index is 4.07. The zero-order chi connectivity index (χ0) is 10.8. The predicted octanol–water partition coefficient (Wildman–Crippen LogP) is 2.65. The van der Waals surface area contributed by atoms with Crippen LogP contribution < -0.4 is 0 Å². The Morgan fingerprint density at radius 1 is 1.50 bits per heavy atom. The largest absolute Gasteiger partial charge is 0.299 e. The Labute approximate surface area is 87.3 Å². The van der Waals surface area contributed by atoms with Crippen molar-refractivity contribution < 1.29 is 0 Å². The first-order chi connectivity index (χ1) is 6.66. The van der Waals surface area contributed by atoms with E-state index in [1.807, 2.05) is 38.3 Å². The van der Waals surface area contributed by atoms with Crippen molar-refractivity contribution in [2.24, 2.45) is 4.99 Å². The first-order valence-corrected chi connectivity index (χ1v) is 4.79. The second kappa shape index (κ2) is 8.45. The fourth-order valence-corrected chi connectivity index (χ4v) is 0.999. The number of rotatable bonds is 6. The molecule has 0 saturated heterocycles. The minimum Gasteiger partial charge on any atom is -0.299 e. The summed E-state index contributed by atoms with van der Waals surface area (Å²) in [5.74, 6) is 0. The first-order valence-electron chi connectivity index (χ1n) is 4.79. The number of allylic oxidation sites excluding steroid dienone is 2. The molecule has 0 saturated carbocycles. The molecule has 0 fully saturated rings. The van der Waals surface area contributed by atoms with Crippen LogP contribution in [0.3, 0.4) is 0 Å². The highest BCUT2D eigenvalue weighted by atomic mass is 15.1. The molecule has 0 spiro atoms. The molecule has 14 heavy (non-hydrogen) atoms. The fourth-order valence-electron chi connectivity index (χ4n) is 0.999. The zero-order valence-corrected chi connectivity index (χ0v) is 9.40. The van der Waals surface area contributed by atoms with Crippen molar-refractivity contribution in [3.63, 3.8) is 0 Å². The SMILES string of the molecule is C=C(C)CN(C)CC=CN=C/C=C\C. The van der Waals surface area contributed by atoms with Gasteiger partial charge in [-0.3, -0.25) is 9.89 Å². The van der Waals surface area contributed by atoms with Gasteiger partial charge in [0.05, 0.1) is 0 Å². The lowest BCUT2D eigenvalue weighted by molar-refractivity contribution is 0.403. The predicted molar refractivity (Wildman–Crippen MR) is 64.8 cm³/mol. The molecule has 0 atom stereocenters. The van der Waals surface area contributed by atoms with Gasteiger partial charge < -0.3 is 0 Å². The summed E-state index contributed by atoms with van der Waals surface area (Å²) in [5.41, 5.74) is 1.18. The van der Waals surface area contributed by atoms with Crippen molar-refractivity contribution in [3.8, 4) is 0 Å². The van der Waals surface area contributed by atoms with Gasteiger partial charge in [0.25, 0.3) is 0 Å². The molecular formula is C12H20N2. The summed E-state index contributed by atoms with van der Waals surface area (Å²) in [6.45, 7) is 9.70. The van der Waals surface area contributed by atoms with E-state index in [1.165, 1.54) is 5.57 Å². The lowest BCUT2D eigenvalue weighted by atomic mass is 10.3. The van der Waals surface area contributed by atoms with E-state index < -0.39 is 0 Å². The van der Waals surface area contributed by atoms with Crippen LogP contribution in [0.1, 0.15) is 13.8 Å². The molecular weight excluding hydrogens is 172 g/mol. The van der Waals surface area contributed by atoms with Gasteiger partial charge in [0.1, 0.15) is 0 Å². The average molecular weight is 192 g/mol. The van der Waals surface area contributed by atoms with E-state index in [-0.39, 0.29) is 0 Å². The van der Waals surface area contributed by atoms with Gasteiger partial charge in [-0.2, -0.15) is 0 Å². The van der Waals surface area contributed by atoms with Crippen molar-refractivity contribution in [1.82, 2.24) is 4.90 Å². The molecule has 0 aliphatic heterocycles. The molecule has 0 aliphatic carbocycles. The van der Waals surface area contributed by atoms with E-state index in [4.69, 9.17) is 0 Å². The molecule has 2 heteroatoms. The summed E-state index contributed by atoms with van der Waals surface area (Å²) < 4.78 is 0. The van der Waals surface area contributed by atoms with E-state index in [0.717, 1.165) is 13.1 Å². The van der Waals surface area contributed by atoms with Crippen molar-refractivity contribution in [1.29, 1.82) is 0 Å². The second-order valence-electron chi connectivity index (χ2n) is 3.36. The molecule has 0 bridgehead atoms. The Morgan fingerprint density at radius 3 is 2.79 bits per heavy atom. The van der Waals surface area contributed by atoms with Gasteiger partial charge in [0.2, 0.25) is 0 Å².